The second-order valence-electron chi connectivity index (χ2n) is 5.77. The number of benzene rings is 1. The Labute approximate surface area is 123 Å². The van der Waals surface area contributed by atoms with Gasteiger partial charge in [-0.2, -0.15) is 0 Å². The second-order valence-corrected chi connectivity index (χ2v) is 5.77. The summed E-state index contributed by atoms with van der Waals surface area (Å²) in [5.74, 6) is -0.301. The molecule has 1 aromatic heterocycles. The van der Waals surface area contributed by atoms with Gasteiger partial charge in [0, 0.05) is 7.05 Å². The second kappa shape index (κ2) is 5.39. The highest BCUT2D eigenvalue weighted by Crippen LogP contribution is 2.41. The number of hydrogen-bond acceptors (Lipinski definition) is 3. The smallest absolute Gasteiger partial charge is 0.311 e. The molecule has 1 aromatic carbocycles. The van der Waals surface area contributed by atoms with E-state index in [0.717, 1.165) is 42.3 Å². The molecule has 1 saturated carbocycles. The Balaban J connectivity index is 2.17. The number of nitrogens with zero attached hydrogens (tertiary/aromatic N) is 2. The number of aromatic nitrogens is 2. The first-order chi connectivity index (χ1) is 10.1. The minimum atomic E-state index is -0.741. The average molecular weight is 288 g/mol. The highest BCUT2D eigenvalue weighted by Gasteiger charge is 2.34. The fraction of sp³-hybridized carbons (Fsp3) is 0.500. The number of imidazole rings is 1. The van der Waals surface area contributed by atoms with Crippen LogP contribution in [0.4, 0.5) is 0 Å². The maximum Gasteiger partial charge on any atom is 0.311 e. The zero-order chi connectivity index (χ0) is 15.0. The van der Waals surface area contributed by atoms with Crippen molar-refractivity contribution >= 4 is 17.0 Å². The van der Waals surface area contributed by atoms with Crippen molar-refractivity contribution in [1.82, 2.24) is 9.55 Å². The quantitative estimate of drug-likeness (QED) is 0.939. The average Bonchev–Trinajstić information content (AvgIpc) is 3.10. The number of rotatable bonds is 4. The first-order valence-corrected chi connectivity index (χ1v) is 7.34. The van der Waals surface area contributed by atoms with Gasteiger partial charge in [-0.15, -0.1) is 0 Å². The number of carboxylic acids is 1. The molecule has 5 nitrogen and oxygen atoms in total. The van der Waals surface area contributed by atoms with Crippen LogP contribution in [0.1, 0.15) is 37.2 Å². The van der Waals surface area contributed by atoms with Crippen LogP contribution in [0, 0.1) is 5.92 Å². The summed E-state index contributed by atoms with van der Waals surface area (Å²) in [5, 5.41) is 9.74. The first kappa shape index (κ1) is 13.9. The number of carbonyl (C=O) groups is 1. The van der Waals surface area contributed by atoms with E-state index in [2.05, 4.69) is 4.98 Å². The van der Waals surface area contributed by atoms with Crippen LogP contribution in [0.5, 0.6) is 5.75 Å². The molecule has 0 saturated heterocycles. The fourth-order valence-corrected chi connectivity index (χ4v) is 3.57. The van der Waals surface area contributed by atoms with Crippen LogP contribution in [-0.2, 0) is 11.8 Å². The summed E-state index contributed by atoms with van der Waals surface area (Å²) in [6, 6.07) is 3.72. The van der Waals surface area contributed by atoms with Gasteiger partial charge in [0.25, 0.3) is 0 Å². The van der Waals surface area contributed by atoms with Crippen LogP contribution in [0.2, 0.25) is 0 Å². The molecule has 1 unspecified atom stereocenters. The van der Waals surface area contributed by atoms with Crippen LogP contribution in [0.25, 0.3) is 11.0 Å². The third-order valence-electron chi connectivity index (χ3n) is 4.55. The van der Waals surface area contributed by atoms with Crippen molar-refractivity contribution in [3.8, 4) is 5.75 Å². The van der Waals surface area contributed by atoms with Crippen LogP contribution >= 0.6 is 0 Å². The Hall–Kier alpha value is -2.04. The number of ether oxygens (including phenoxy) is 1. The van der Waals surface area contributed by atoms with Gasteiger partial charge >= 0.3 is 5.97 Å². The molecule has 21 heavy (non-hydrogen) atoms. The van der Waals surface area contributed by atoms with E-state index in [4.69, 9.17) is 4.74 Å². The minimum absolute atomic E-state index is 0.217. The molecule has 1 aliphatic carbocycles. The molecule has 1 aliphatic rings. The van der Waals surface area contributed by atoms with Crippen molar-refractivity contribution in [3.63, 3.8) is 0 Å². The Kier molecular flexibility index (Phi) is 3.57. The normalized spacial score (nSPS) is 17.2. The zero-order valence-electron chi connectivity index (χ0n) is 12.4. The number of carboxylic acid groups (broad SMARTS) is 1. The van der Waals surface area contributed by atoms with E-state index in [1.165, 1.54) is 0 Å². The van der Waals surface area contributed by atoms with Crippen molar-refractivity contribution < 1.29 is 14.6 Å². The summed E-state index contributed by atoms with van der Waals surface area (Å²) in [6.07, 6.45) is 5.94. The van der Waals surface area contributed by atoms with E-state index in [9.17, 15) is 9.90 Å². The monoisotopic (exact) mass is 288 g/mol. The Morgan fingerprint density at radius 3 is 2.76 bits per heavy atom. The highest BCUT2D eigenvalue weighted by molar-refractivity contribution is 5.90. The van der Waals surface area contributed by atoms with Crippen molar-refractivity contribution in [2.24, 2.45) is 13.0 Å². The predicted molar refractivity (Wildman–Crippen MR) is 79.6 cm³/mol. The summed E-state index contributed by atoms with van der Waals surface area (Å²) < 4.78 is 7.23. The Bertz CT molecular complexity index is 671. The largest absolute Gasteiger partial charge is 0.494 e. The lowest BCUT2D eigenvalue weighted by Gasteiger charge is -2.21. The van der Waals surface area contributed by atoms with Crippen LogP contribution in [0.3, 0.4) is 0 Å². The maximum atomic E-state index is 11.9. The standard InChI is InChI=1S/C16H20N2O3/c1-18-9-17-14-12(21-2)8-7-11(15(14)18)13(16(19)20)10-5-3-4-6-10/h7-10,13H,3-6H2,1-2H3,(H,19,20). The van der Waals surface area contributed by atoms with Crippen LogP contribution in [0.15, 0.2) is 18.5 Å². The number of methoxy groups -OCH3 is 1. The van der Waals surface area contributed by atoms with Crippen molar-refractivity contribution in [3.05, 3.63) is 24.0 Å². The van der Waals surface area contributed by atoms with Gasteiger partial charge < -0.3 is 14.4 Å². The molecule has 112 valence electrons. The van der Waals surface area contributed by atoms with E-state index in [1.54, 1.807) is 13.4 Å². The number of aliphatic carboxylic acids is 1. The summed E-state index contributed by atoms with van der Waals surface area (Å²) in [4.78, 5) is 16.2. The van der Waals surface area contributed by atoms with Gasteiger partial charge in [-0.1, -0.05) is 18.9 Å². The Morgan fingerprint density at radius 2 is 2.14 bits per heavy atom. The van der Waals surface area contributed by atoms with Gasteiger partial charge in [0.2, 0.25) is 0 Å². The molecule has 5 heteroatoms. The summed E-state index contributed by atoms with van der Waals surface area (Å²) in [6.45, 7) is 0. The van der Waals surface area contributed by atoms with Gasteiger partial charge in [0.05, 0.1) is 24.9 Å². The van der Waals surface area contributed by atoms with Gasteiger partial charge in [-0.3, -0.25) is 4.79 Å². The maximum absolute atomic E-state index is 11.9. The summed E-state index contributed by atoms with van der Waals surface area (Å²) >= 11 is 0. The molecule has 0 spiro atoms. The third-order valence-corrected chi connectivity index (χ3v) is 4.55. The topological polar surface area (TPSA) is 64.3 Å². The van der Waals surface area contributed by atoms with Crippen LogP contribution < -0.4 is 4.74 Å². The SMILES string of the molecule is COc1ccc(C(C(=O)O)C2CCCC2)c2c1ncn2C. The minimum Gasteiger partial charge on any atom is -0.494 e. The van der Waals surface area contributed by atoms with Gasteiger partial charge in [0.1, 0.15) is 11.3 Å². The highest BCUT2D eigenvalue weighted by atomic mass is 16.5. The number of aryl methyl sites for hydroxylation is 1. The molecule has 3 rings (SSSR count). The molecule has 1 N–H and O–H groups in total. The summed E-state index contributed by atoms with van der Waals surface area (Å²) in [7, 11) is 3.50. The predicted octanol–water partition coefficient (Wildman–Crippen LogP) is 2.94. The molecule has 1 fully saturated rings. The molecule has 0 bridgehead atoms. The molecule has 1 heterocycles. The lowest BCUT2D eigenvalue weighted by Crippen LogP contribution is -2.20. The van der Waals surface area contributed by atoms with E-state index in [1.807, 2.05) is 23.7 Å². The van der Waals surface area contributed by atoms with Crippen molar-refractivity contribution in [1.29, 1.82) is 0 Å². The molecule has 2 aromatic rings. The van der Waals surface area contributed by atoms with Gasteiger partial charge in [-0.25, -0.2) is 4.98 Å². The Morgan fingerprint density at radius 1 is 1.43 bits per heavy atom. The van der Waals surface area contributed by atoms with E-state index < -0.39 is 11.9 Å². The summed E-state index contributed by atoms with van der Waals surface area (Å²) in [5.41, 5.74) is 2.46. The van der Waals surface area contributed by atoms with Gasteiger partial charge in [0.15, 0.2) is 0 Å². The number of fused-ring (bicyclic) bond motifs is 1. The van der Waals surface area contributed by atoms with Crippen molar-refractivity contribution in [2.45, 2.75) is 31.6 Å². The molecule has 0 radical (unpaired) electrons. The molecule has 0 aliphatic heterocycles. The number of hydrogen-bond donors (Lipinski definition) is 1. The molecular formula is C16H20N2O3. The lowest BCUT2D eigenvalue weighted by molar-refractivity contribution is -0.140. The fourth-order valence-electron chi connectivity index (χ4n) is 3.57. The third kappa shape index (κ3) is 2.26. The molecular weight excluding hydrogens is 268 g/mol. The van der Waals surface area contributed by atoms with Crippen molar-refractivity contribution in [2.75, 3.05) is 7.11 Å². The van der Waals surface area contributed by atoms with E-state index in [-0.39, 0.29) is 5.92 Å². The molecule has 0 amide bonds. The van der Waals surface area contributed by atoms with Crippen LogP contribution in [-0.4, -0.2) is 27.7 Å². The first-order valence-electron chi connectivity index (χ1n) is 7.34. The van der Waals surface area contributed by atoms with E-state index in [0.29, 0.717) is 5.75 Å². The zero-order valence-corrected chi connectivity index (χ0v) is 12.4. The molecule has 1 atom stereocenters. The van der Waals surface area contributed by atoms with E-state index >= 15 is 0 Å². The lowest BCUT2D eigenvalue weighted by atomic mass is 9.84. The van der Waals surface area contributed by atoms with Gasteiger partial charge in [-0.05, 0) is 30.4 Å².